The highest BCUT2D eigenvalue weighted by Gasteiger charge is 2.51. The maximum atomic E-state index is 6.25. The molecule has 0 saturated carbocycles. The Hall–Kier alpha value is -1.04. The lowest BCUT2D eigenvalue weighted by Crippen LogP contribution is -2.41. The largest absolute Gasteiger partial charge is 0.496 e. The maximum absolute atomic E-state index is 6.25. The second kappa shape index (κ2) is 8.14. The van der Waals surface area contributed by atoms with Crippen LogP contribution in [-0.2, 0) is 15.9 Å². The monoisotopic (exact) mass is 373 g/mol. The summed E-state index contributed by atoms with van der Waals surface area (Å²) in [5.41, 5.74) is 1.66. The standard InChI is InChI=1S/C22H36BNO3/c1-7-19-11-9-8-10-14-24(19)16-17-15-18(12-13-20(17)25-6)23-26-21(2,3)22(4,5)27-23/h12-13,15,19H,7-11,14,16H2,1-6H3. The normalized spacial score (nSPS) is 25.4. The van der Waals surface area contributed by atoms with Gasteiger partial charge in [-0.2, -0.15) is 0 Å². The van der Waals surface area contributed by atoms with Crippen molar-refractivity contribution in [2.45, 2.75) is 90.5 Å². The molecule has 27 heavy (non-hydrogen) atoms. The van der Waals surface area contributed by atoms with E-state index in [0.717, 1.165) is 17.8 Å². The molecule has 0 amide bonds. The van der Waals surface area contributed by atoms with E-state index in [4.69, 9.17) is 14.0 Å². The number of benzene rings is 1. The Morgan fingerprint density at radius 2 is 1.81 bits per heavy atom. The van der Waals surface area contributed by atoms with Crippen LogP contribution in [0, 0.1) is 0 Å². The summed E-state index contributed by atoms with van der Waals surface area (Å²) in [6.07, 6.45) is 6.49. The van der Waals surface area contributed by atoms with E-state index in [-0.39, 0.29) is 18.3 Å². The SMILES string of the molecule is CCC1CCCCCN1Cc1cc(B2OC(C)(C)C(C)(C)O2)ccc1OC. The van der Waals surface area contributed by atoms with E-state index in [1.54, 1.807) is 7.11 Å². The van der Waals surface area contributed by atoms with Gasteiger partial charge < -0.3 is 14.0 Å². The molecule has 5 heteroatoms. The molecule has 1 atom stereocenters. The molecule has 0 radical (unpaired) electrons. The van der Waals surface area contributed by atoms with Gasteiger partial charge in [-0.25, -0.2) is 0 Å². The van der Waals surface area contributed by atoms with Gasteiger partial charge in [0.2, 0.25) is 0 Å². The van der Waals surface area contributed by atoms with E-state index < -0.39 is 0 Å². The molecule has 2 heterocycles. The van der Waals surface area contributed by atoms with Gasteiger partial charge >= 0.3 is 7.12 Å². The molecule has 1 aromatic carbocycles. The Balaban J connectivity index is 1.84. The molecule has 4 nitrogen and oxygen atoms in total. The molecule has 0 aliphatic carbocycles. The lowest BCUT2D eigenvalue weighted by Gasteiger charge is -2.32. The summed E-state index contributed by atoms with van der Waals surface area (Å²) < 4.78 is 18.2. The van der Waals surface area contributed by atoms with Crippen molar-refractivity contribution in [2.24, 2.45) is 0 Å². The van der Waals surface area contributed by atoms with E-state index in [1.807, 2.05) is 0 Å². The molecule has 0 aromatic heterocycles. The van der Waals surface area contributed by atoms with Crippen molar-refractivity contribution in [1.82, 2.24) is 4.90 Å². The molecular formula is C22H36BNO3. The summed E-state index contributed by atoms with van der Waals surface area (Å²) in [7, 11) is 1.43. The van der Waals surface area contributed by atoms with E-state index in [1.165, 1.54) is 44.2 Å². The van der Waals surface area contributed by atoms with Crippen LogP contribution in [0.15, 0.2) is 18.2 Å². The van der Waals surface area contributed by atoms with Crippen LogP contribution in [0.25, 0.3) is 0 Å². The second-order valence-electron chi connectivity index (χ2n) is 9.04. The van der Waals surface area contributed by atoms with Crippen molar-refractivity contribution in [1.29, 1.82) is 0 Å². The molecule has 1 unspecified atom stereocenters. The summed E-state index contributed by atoms with van der Waals surface area (Å²) in [5, 5.41) is 0. The van der Waals surface area contributed by atoms with E-state index in [0.29, 0.717) is 6.04 Å². The molecule has 3 rings (SSSR count). The lowest BCUT2D eigenvalue weighted by molar-refractivity contribution is 0.00578. The molecule has 1 aromatic rings. The average Bonchev–Trinajstić information content (AvgIpc) is 2.77. The van der Waals surface area contributed by atoms with Crippen molar-refractivity contribution >= 4 is 12.6 Å². The second-order valence-corrected chi connectivity index (χ2v) is 9.04. The Morgan fingerprint density at radius 1 is 1.11 bits per heavy atom. The number of hydrogen-bond donors (Lipinski definition) is 0. The molecule has 2 fully saturated rings. The van der Waals surface area contributed by atoms with Crippen LogP contribution in [0.2, 0.25) is 0 Å². The van der Waals surface area contributed by atoms with Gasteiger partial charge in [0.05, 0.1) is 18.3 Å². The fraction of sp³-hybridized carbons (Fsp3) is 0.727. The highest BCUT2D eigenvalue weighted by molar-refractivity contribution is 6.62. The molecule has 2 aliphatic rings. The first-order chi connectivity index (χ1) is 12.8. The Labute approximate surface area is 165 Å². The summed E-state index contributed by atoms with van der Waals surface area (Å²) in [4.78, 5) is 2.64. The van der Waals surface area contributed by atoms with Crippen LogP contribution < -0.4 is 10.2 Å². The minimum absolute atomic E-state index is 0.324. The third-order valence-corrected chi connectivity index (χ3v) is 6.67. The number of likely N-dealkylation sites (tertiary alicyclic amines) is 1. The molecular weight excluding hydrogens is 337 g/mol. The summed E-state index contributed by atoms with van der Waals surface area (Å²) >= 11 is 0. The number of ether oxygens (including phenoxy) is 1. The van der Waals surface area contributed by atoms with Crippen LogP contribution in [0.4, 0.5) is 0 Å². The first kappa shape index (κ1) is 20.7. The van der Waals surface area contributed by atoms with Gasteiger partial charge in [0.1, 0.15) is 5.75 Å². The van der Waals surface area contributed by atoms with Crippen molar-refractivity contribution in [2.75, 3.05) is 13.7 Å². The minimum Gasteiger partial charge on any atom is -0.496 e. The number of nitrogens with zero attached hydrogens (tertiary/aromatic N) is 1. The number of rotatable bonds is 5. The average molecular weight is 373 g/mol. The van der Waals surface area contributed by atoms with Crippen LogP contribution in [0.3, 0.4) is 0 Å². The van der Waals surface area contributed by atoms with Crippen molar-refractivity contribution in [3.63, 3.8) is 0 Å². The maximum Gasteiger partial charge on any atom is 0.494 e. The highest BCUT2D eigenvalue weighted by atomic mass is 16.7. The molecule has 2 aliphatic heterocycles. The van der Waals surface area contributed by atoms with Gasteiger partial charge in [-0.1, -0.05) is 31.9 Å². The molecule has 0 N–H and O–H groups in total. The van der Waals surface area contributed by atoms with Gasteiger partial charge in [0, 0.05) is 18.2 Å². The van der Waals surface area contributed by atoms with Gasteiger partial charge in [-0.15, -0.1) is 0 Å². The first-order valence-corrected chi connectivity index (χ1v) is 10.5. The van der Waals surface area contributed by atoms with Gasteiger partial charge in [-0.05, 0) is 65.0 Å². The van der Waals surface area contributed by atoms with E-state index >= 15 is 0 Å². The van der Waals surface area contributed by atoms with Crippen LogP contribution in [-0.4, -0.2) is 42.9 Å². The van der Waals surface area contributed by atoms with Crippen molar-refractivity contribution in [3.05, 3.63) is 23.8 Å². The van der Waals surface area contributed by atoms with Gasteiger partial charge in [0.25, 0.3) is 0 Å². The zero-order valence-corrected chi connectivity index (χ0v) is 18.0. The number of methoxy groups -OCH3 is 1. The zero-order valence-electron chi connectivity index (χ0n) is 18.0. The van der Waals surface area contributed by atoms with Crippen LogP contribution in [0.1, 0.15) is 72.3 Å². The van der Waals surface area contributed by atoms with Gasteiger partial charge in [0.15, 0.2) is 0 Å². The molecule has 0 bridgehead atoms. The van der Waals surface area contributed by atoms with Gasteiger partial charge in [-0.3, -0.25) is 4.90 Å². The Kier molecular flexibility index (Phi) is 6.24. The van der Waals surface area contributed by atoms with Crippen molar-refractivity contribution < 1.29 is 14.0 Å². The third-order valence-electron chi connectivity index (χ3n) is 6.67. The minimum atomic E-state index is -0.328. The quantitative estimate of drug-likeness (QED) is 0.726. The topological polar surface area (TPSA) is 30.9 Å². The van der Waals surface area contributed by atoms with Crippen LogP contribution >= 0.6 is 0 Å². The predicted molar refractivity (Wildman–Crippen MR) is 112 cm³/mol. The first-order valence-electron chi connectivity index (χ1n) is 10.5. The predicted octanol–water partition coefficient (Wildman–Crippen LogP) is 4.15. The number of hydrogen-bond acceptors (Lipinski definition) is 4. The molecule has 150 valence electrons. The summed E-state index contributed by atoms with van der Waals surface area (Å²) in [6, 6.07) is 7.02. The Bertz CT molecular complexity index is 630. The van der Waals surface area contributed by atoms with Crippen LogP contribution in [0.5, 0.6) is 5.75 Å². The summed E-state index contributed by atoms with van der Waals surface area (Å²) in [6.45, 7) is 12.8. The third kappa shape index (κ3) is 4.36. The van der Waals surface area contributed by atoms with Crippen molar-refractivity contribution in [3.8, 4) is 5.75 Å². The zero-order chi connectivity index (χ0) is 19.7. The lowest BCUT2D eigenvalue weighted by atomic mass is 9.78. The molecule has 0 spiro atoms. The molecule has 2 saturated heterocycles. The highest BCUT2D eigenvalue weighted by Crippen LogP contribution is 2.37. The fourth-order valence-corrected chi connectivity index (χ4v) is 4.17. The van der Waals surface area contributed by atoms with E-state index in [2.05, 4.69) is 57.7 Å². The smallest absolute Gasteiger partial charge is 0.494 e. The fourth-order valence-electron chi connectivity index (χ4n) is 4.17. The summed E-state index contributed by atoms with van der Waals surface area (Å²) in [5.74, 6) is 0.953. The Morgan fingerprint density at radius 3 is 2.44 bits per heavy atom. The van der Waals surface area contributed by atoms with E-state index in [9.17, 15) is 0 Å².